The van der Waals surface area contributed by atoms with E-state index >= 15 is 0 Å². The molecule has 4 nitrogen and oxygen atoms in total. The molecule has 1 fully saturated rings. The van der Waals surface area contributed by atoms with Crippen LogP contribution in [0.15, 0.2) is 27.6 Å². The molecule has 3 N–H and O–H groups in total. The minimum atomic E-state index is -3.53. The van der Waals surface area contributed by atoms with E-state index in [0.29, 0.717) is 10.4 Å². The van der Waals surface area contributed by atoms with Gasteiger partial charge in [0.25, 0.3) is 0 Å². The van der Waals surface area contributed by atoms with E-state index in [4.69, 9.17) is 5.73 Å². The average molecular weight is 333 g/mol. The fourth-order valence-corrected chi connectivity index (χ4v) is 4.29. The zero-order chi connectivity index (χ0) is 13.3. The van der Waals surface area contributed by atoms with Crippen molar-refractivity contribution >= 4 is 31.6 Å². The molecule has 0 aromatic heterocycles. The number of benzene rings is 1. The first-order chi connectivity index (χ1) is 8.38. The Balaban J connectivity index is 2.23. The van der Waals surface area contributed by atoms with Crippen molar-refractivity contribution < 1.29 is 8.42 Å². The van der Waals surface area contributed by atoms with E-state index in [-0.39, 0.29) is 16.6 Å². The Morgan fingerprint density at radius 2 is 2.11 bits per heavy atom. The SMILES string of the molecule is CC1CCC(NS(=O)(=O)c2cc(Br)ccc2N)C1. The molecule has 6 heteroatoms. The predicted molar refractivity (Wildman–Crippen MR) is 75.7 cm³/mol. The van der Waals surface area contributed by atoms with E-state index in [2.05, 4.69) is 27.6 Å². The summed E-state index contributed by atoms with van der Waals surface area (Å²) in [6, 6.07) is 4.89. The summed E-state index contributed by atoms with van der Waals surface area (Å²) in [6.07, 6.45) is 2.86. The maximum atomic E-state index is 12.3. The van der Waals surface area contributed by atoms with Gasteiger partial charge < -0.3 is 5.73 Å². The van der Waals surface area contributed by atoms with Crippen LogP contribution in [-0.2, 0) is 10.0 Å². The van der Waals surface area contributed by atoms with Crippen LogP contribution in [0.4, 0.5) is 5.69 Å². The van der Waals surface area contributed by atoms with Crippen molar-refractivity contribution in [3.8, 4) is 0 Å². The molecule has 2 atom stereocenters. The van der Waals surface area contributed by atoms with E-state index in [9.17, 15) is 8.42 Å². The van der Waals surface area contributed by atoms with Crippen LogP contribution < -0.4 is 10.5 Å². The number of hydrogen-bond acceptors (Lipinski definition) is 3. The van der Waals surface area contributed by atoms with Gasteiger partial charge in [-0.25, -0.2) is 13.1 Å². The molecule has 0 aliphatic heterocycles. The number of halogens is 1. The van der Waals surface area contributed by atoms with E-state index in [1.54, 1.807) is 12.1 Å². The second-order valence-corrected chi connectivity index (χ2v) is 7.52. The van der Waals surface area contributed by atoms with Gasteiger partial charge in [0.2, 0.25) is 10.0 Å². The van der Waals surface area contributed by atoms with Crippen LogP contribution >= 0.6 is 15.9 Å². The molecule has 100 valence electrons. The number of sulfonamides is 1. The van der Waals surface area contributed by atoms with Gasteiger partial charge in [0.05, 0.1) is 5.69 Å². The lowest BCUT2D eigenvalue weighted by molar-refractivity contribution is 0.538. The van der Waals surface area contributed by atoms with Gasteiger partial charge in [-0.2, -0.15) is 0 Å². The molecular weight excluding hydrogens is 316 g/mol. The Bertz CT molecular complexity index is 545. The largest absolute Gasteiger partial charge is 0.398 e. The number of nitrogens with one attached hydrogen (secondary N) is 1. The number of nitrogens with two attached hydrogens (primary N) is 1. The summed E-state index contributed by atoms with van der Waals surface area (Å²) in [4.78, 5) is 0.149. The summed E-state index contributed by atoms with van der Waals surface area (Å²) in [6.45, 7) is 2.14. The van der Waals surface area contributed by atoms with Crippen molar-refractivity contribution in [2.24, 2.45) is 5.92 Å². The minimum absolute atomic E-state index is 0.0309. The Hall–Kier alpha value is -0.590. The Kier molecular flexibility index (Phi) is 3.99. The van der Waals surface area contributed by atoms with Crippen LogP contribution in [0.5, 0.6) is 0 Å². The van der Waals surface area contributed by atoms with Gasteiger partial charge in [-0.3, -0.25) is 0 Å². The van der Waals surface area contributed by atoms with Crippen LogP contribution in [-0.4, -0.2) is 14.5 Å². The van der Waals surface area contributed by atoms with Crippen LogP contribution in [0.2, 0.25) is 0 Å². The molecule has 1 saturated carbocycles. The van der Waals surface area contributed by atoms with Crippen LogP contribution in [0.3, 0.4) is 0 Å². The minimum Gasteiger partial charge on any atom is -0.398 e. The van der Waals surface area contributed by atoms with Crippen molar-refractivity contribution in [3.63, 3.8) is 0 Å². The highest BCUT2D eigenvalue weighted by Crippen LogP contribution is 2.28. The molecule has 1 aliphatic rings. The Morgan fingerprint density at radius 1 is 1.39 bits per heavy atom. The standard InChI is InChI=1S/C12H17BrN2O2S/c1-8-2-4-10(6-8)15-18(16,17)12-7-9(13)3-5-11(12)14/h3,5,7-8,10,15H,2,4,6,14H2,1H3. The van der Waals surface area contributed by atoms with Gasteiger partial charge >= 0.3 is 0 Å². The molecule has 0 radical (unpaired) electrons. The number of anilines is 1. The first kappa shape index (κ1) is 13.8. The molecule has 0 heterocycles. The molecule has 0 amide bonds. The zero-order valence-electron chi connectivity index (χ0n) is 10.2. The Morgan fingerprint density at radius 3 is 2.72 bits per heavy atom. The lowest BCUT2D eigenvalue weighted by Gasteiger charge is -2.14. The number of rotatable bonds is 3. The molecule has 2 unspecified atom stereocenters. The summed E-state index contributed by atoms with van der Waals surface area (Å²) < 4.78 is 28.0. The van der Waals surface area contributed by atoms with Crippen LogP contribution in [0.1, 0.15) is 26.2 Å². The summed E-state index contributed by atoms with van der Waals surface area (Å²) in [5, 5.41) is 0. The van der Waals surface area contributed by atoms with Crippen molar-refractivity contribution in [3.05, 3.63) is 22.7 Å². The quantitative estimate of drug-likeness (QED) is 0.835. The third-order valence-electron chi connectivity index (χ3n) is 3.28. The highest BCUT2D eigenvalue weighted by Gasteiger charge is 2.27. The van der Waals surface area contributed by atoms with Gasteiger partial charge in [-0.1, -0.05) is 22.9 Å². The molecule has 1 aliphatic carbocycles. The van der Waals surface area contributed by atoms with Crippen molar-refractivity contribution in [2.75, 3.05) is 5.73 Å². The molecule has 0 spiro atoms. The van der Waals surface area contributed by atoms with Gasteiger partial charge in [0, 0.05) is 10.5 Å². The predicted octanol–water partition coefficient (Wildman–Crippen LogP) is 2.50. The summed E-state index contributed by atoms with van der Waals surface area (Å²) in [7, 11) is -3.53. The third-order valence-corrected chi connectivity index (χ3v) is 5.35. The first-order valence-corrected chi connectivity index (χ1v) is 8.23. The third kappa shape index (κ3) is 3.05. The van der Waals surface area contributed by atoms with E-state index in [1.165, 1.54) is 6.07 Å². The summed E-state index contributed by atoms with van der Waals surface area (Å²) in [5.74, 6) is 0.581. The maximum Gasteiger partial charge on any atom is 0.242 e. The smallest absolute Gasteiger partial charge is 0.242 e. The second-order valence-electron chi connectivity index (χ2n) is 4.92. The Labute approximate surface area is 116 Å². The van der Waals surface area contributed by atoms with Crippen LogP contribution in [0.25, 0.3) is 0 Å². The number of nitrogen functional groups attached to an aromatic ring is 1. The van der Waals surface area contributed by atoms with Crippen molar-refractivity contribution in [1.82, 2.24) is 4.72 Å². The topological polar surface area (TPSA) is 72.2 Å². The van der Waals surface area contributed by atoms with Crippen LogP contribution in [0, 0.1) is 5.92 Å². The highest BCUT2D eigenvalue weighted by molar-refractivity contribution is 9.10. The van der Waals surface area contributed by atoms with Crippen molar-refractivity contribution in [1.29, 1.82) is 0 Å². The summed E-state index contributed by atoms with van der Waals surface area (Å²) >= 11 is 3.26. The highest BCUT2D eigenvalue weighted by atomic mass is 79.9. The lowest BCUT2D eigenvalue weighted by Crippen LogP contribution is -2.33. The fraction of sp³-hybridized carbons (Fsp3) is 0.500. The molecule has 2 rings (SSSR count). The van der Waals surface area contributed by atoms with E-state index in [1.807, 2.05) is 0 Å². The average Bonchev–Trinajstić information content (AvgIpc) is 2.66. The van der Waals surface area contributed by atoms with Crippen molar-refractivity contribution in [2.45, 2.75) is 37.1 Å². The first-order valence-electron chi connectivity index (χ1n) is 5.96. The number of hydrogen-bond donors (Lipinski definition) is 2. The molecule has 0 saturated heterocycles. The van der Waals surface area contributed by atoms with Gasteiger partial charge in [-0.05, 0) is 43.4 Å². The van der Waals surface area contributed by atoms with E-state index in [0.717, 1.165) is 19.3 Å². The van der Waals surface area contributed by atoms with Gasteiger partial charge in [0.15, 0.2) is 0 Å². The van der Waals surface area contributed by atoms with E-state index < -0.39 is 10.0 Å². The normalized spacial score (nSPS) is 24.3. The van der Waals surface area contributed by atoms with Gasteiger partial charge in [-0.15, -0.1) is 0 Å². The summed E-state index contributed by atoms with van der Waals surface area (Å²) in [5.41, 5.74) is 6.01. The molecule has 1 aromatic rings. The molecule has 1 aromatic carbocycles. The molecular formula is C12H17BrN2O2S. The van der Waals surface area contributed by atoms with Gasteiger partial charge in [0.1, 0.15) is 4.90 Å². The molecule has 0 bridgehead atoms. The zero-order valence-corrected chi connectivity index (χ0v) is 12.6. The fourth-order valence-electron chi connectivity index (χ4n) is 2.34. The monoisotopic (exact) mass is 332 g/mol. The molecule has 18 heavy (non-hydrogen) atoms. The maximum absolute atomic E-state index is 12.3. The lowest BCUT2D eigenvalue weighted by atomic mass is 10.1. The second kappa shape index (κ2) is 5.19.